The van der Waals surface area contributed by atoms with E-state index in [-0.39, 0.29) is 35.8 Å². The number of para-hydroxylation sites is 1. The standard InChI is InChI=1S/C22H34N4O3.HI/c1-2-23-22(24-10-5-11-29-16-17-8-12-28-13-9-17)25-15-18-14-21(27)26-20-7-4-3-6-19(18)20;/h3-4,6-7,17-18H,2,5,8-16H2,1H3,(H,26,27)(H2,23,24,25);1H. The van der Waals surface area contributed by atoms with Crippen LogP contribution >= 0.6 is 24.0 Å². The Morgan fingerprint density at radius 3 is 2.87 bits per heavy atom. The molecule has 2 aliphatic rings. The maximum absolute atomic E-state index is 12.0. The number of halogens is 1. The summed E-state index contributed by atoms with van der Waals surface area (Å²) in [5.41, 5.74) is 2.07. The van der Waals surface area contributed by atoms with Gasteiger partial charge in [0.25, 0.3) is 0 Å². The molecule has 0 saturated carbocycles. The van der Waals surface area contributed by atoms with E-state index in [0.29, 0.717) is 18.9 Å². The van der Waals surface area contributed by atoms with Crippen LogP contribution in [0.4, 0.5) is 5.69 Å². The van der Waals surface area contributed by atoms with Gasteiger partial charge in [0.2, 0.25) is 5.91 Å². The highest BCUT2D eigenvalue weighted by molar-refractivity contribution is 14.0. The Morgan fingerprint density at radius 2 is 2.07 bits per heavy atom. The van der Waals surface area contributed by atoms with Gasteiger partial charge < -0.3 is 25.4 Å². The van der Waals surface area contributed by atoms with Gasteiger partial charge in [-0.3, -0.25) is 9.79 Å². The molecule has 1 saturated heterocycles. The van der Waals surface area contributed by atoms with Gasteiger partial charge in [0.1, 0.15) is 0 Å². The van der Waals surface area contributed by atoms with Gasteiger partial charge in [-0.25, -0.2) is 0 Å². The monoisotopic (exact) mass is 530 g/mol. The number of carbonyl (C=O) groups excluding carboxylic acids is 1. The van der Waals surface area contributed by atoms with E-state index in [0.717, 1.165) is 76.0 Å². The number of nitrogens with zero attached hydrogens (tertiary/aromatic N) is 1. The summed E-state index contributed by atoms with van der Waals surface area (Å²) < 4.78 is 11.2. The number of nitrogens with one attached hydrogen (secondary N) is 3. The molecule has 168 valence electrons. The lowest BCUT2D eigenvalue weighted by atomic mass is 9.91. The summed E-state index contributed by atoms with van der Waals surface area (Å²) in [6.45, 7) is 7.56. The topological polar surface area (TPSA) is 84.0 Å². The molecule has 1 amide bonds. The molecule has 2 heterocycles. The van der Waals surface area contributed by atoms with Crippen molar-refractivity contribution >= 4 is 41.5 Å². The van der Waals surface area contributed by atoms with E-state index in [9.17, 15) is 4.79 Å². The fourth-order valence-corrected chi connectivity index (χ4v) is 3.75. The third-order valence-electron chi connectivity index (χ3n) is 5.37. The number of amides is 1. The number of aliphatic imine (C=N–C) groups is 1. The fraction of sp³-hybridized carbons (Fsp3) is 0.636. The molecule has 0 aromatic heterocycles. The van der Waals surface area contributed by atoms with E-state index in [1.165, 1.54) is 0 Å². The smallest absolute Gasteiger partial charge is 0.225 e. The van der Waals surface area contributed by atoms with Crippen molar-refractivity contribution in [2.24, 2.45) is 10.9 Å². The Hall–Kier alpha value is -1.39. The number of rotatable bonds is 9. The summed E-state index contributed by atoms with van der Waals surface area (Å²) in [6.07, 6.45) is 3.62. The molecule has 0 aliphatic carbocycles. The minimum atomic E-state index is 0. The molecule has 0 spiro atoms. The number of hydrogen-bond acceptors (Lipinski definition) is 4. The Kier molecular flexibility index (Phi) is 11.5. The van der Waals surface area contributed by atoms with Crippen LogP contribution in [-0.4, -0.2) is 57.9 Å². The largest absolute Gasteiger partial charge is 0.381 e. The Labute approximate surface area is 196 Å². The Morgan fingerprint density at radius 1 is 1.27 bits per heavy atom. The summed E-state index contributed by atoms with van der Waals surface area (Å²) in [7, 11) is 0. The summed E-state index contributed by atoms with van der Waals surface area (Å²) in [5.74, 6) is 1.60. The quantitative estimate of drug-likeness (QED) is 0.198. The molecule has 1 aromatic carbocycles. The SMILES string of the molecule is CCNC(=NCC1CC(=O)Nc2ccccc21)NCCCOCC1CCOCC1.I. The summed E-state index contributed by atoms with van der Waals surface area (Å²) in [4.78, 5) is 16.7. The highest BCUT2D eigenvalue weighted by atomic mass is 127. The molecule has 1 aromatic rings. The van der Waals surface area contributed by atoms with E-state index < -0.39 is 0 Å². The van der Waals surface area contributed by atoms with Crippen molar-refractivity contribution < 1.29 is 14.3 Å². The molecule has 8 heteroatoms. The zero-order valence-corrected chi connectivity index (χ0v) is 20.2. The first-order valence-corrected chi connectivity index (χ1v) is 10.8. The molecule has 0 bridgehead atoms. The van der Waals surface area contributed by atoms with E-state index >= 15 is 0 Å². The van der Waals surface area contributed by atoms with Crippen molar-refractivity contribution in [3.8, 4) is 0 Å². The number of ether oxygens (including phenoxy) is 2. The Balaban J connectivity index is 0.00000320. The van der Waals surface area contributed by atoms with Crippen molar-refractivity contribution in [3.05, 3.63) is 29.8 Å². The van der Waals surface area contributed by atoms with Gasteiger partial charge in [0, 0.05) is 57.5 Å². The molecule has 0 radical (unpaired) electrons. The van der Waals surface area contributed by atoms with Crippen LogP contribution in [0.1, 0.15) is 44.1 Å². The lowest BCUT2D eigenvalue weighted by Crippen LogP contribution is -2.38. The third kappa shape index (κ3) is 8.03. The zero-order valence-electron chi connectivity index (χ0n) is 17.8. The van der Waals surface area contributed by atoms with Crippen molar-refractivity contribution in [2.75, 3.05) is 51.4 Å². The second-order valence-electron chi connectivity index (χ2n) is 7.67. The summed E-state index contributed by atoms with van der Waals surface area (Å²) in [6, 6.07) is 7.98. The highest BCUT2D eigenvalue weighted by Gasteiger charge is 2.24. The summed E-state index contributed by atoms with van der Waals surface area (Å²) >= 11 is 0. The fourth-order valence-electron chi connectivity index (χ4n) is 3.75. The molecule has 3 rings (SSSR count). The first-order chi connectivity index (χ1) is 14.3. The molecule has 1 unspecified atom stereocenters. The number of benzene rings is 1. The number of fused-ring (bicyclic) bond motifs is 1. The van der Waals surface area contributed by atoms with Gasteiger partial charge in [-0.05, 0) is 43.7 Å². The van der Waals surface area contributed by atoms with Gasteiger partial charge in [0.15, 0.2) is 5.96 Å². The minimum absolute atomic E-state index is 0. The van der Waals surface area contributed by atoms with Crippen LogP contribution in [0.2, 0.25) is 0 Å². The average Bonchev–Trinajstić information content (AvgIpc) is 2.74. The predicted octanol–water partition coefficient (Wildman–Crippen LogP) is 3.12. The van der Waals surface area contributed by atoms with Crippen LogP contribution in [0, 0.1) is 5.92 Å². The van der Waals surface area contributed by atoms with E-state index in [2.05, 4.69) is 28.9 Å². The molecule has 7 nitrogen and oxygen atoms in total. The third-order valence-corrected chi connectivity index (χ3v) is 5.37. The van der Waals surface area contributed by atoms with E-state index in [4.69, 9.17) is 14.5 Å². The molecular weight excluding hydrogens is 495 g/mol. The molecule has 3 N–H and O–H groups in total. The van der Waals surface area contributed by atoms with Gasteiger partial charge in [-0.2, -0.15) is 0 Å². The molecule has 30 heavy (non-hydrogen) atoms. The van der Waals surface area contributed by atoms with Crippen LogP contribution in [0.15, 0.2) is 29.3 Å². The zero-order chi connectivity index (χ0) is 20.3. The van der Waals surface area contributed by atoms with Crippen LogP contribution in [0.25, 0.3) is 0 Å². The normalized spacial score (nSPS) is 19.4. The van der Waals surface area contributed by atoms with Crippen LogP contribution in [-0.2, 0) is 14.3 Å². The lowest BCUT2D eigenvalue weighted by molar-refractivity contribution is -0.116. The van der Waals surface area contributed by atoms with Crippen LogP contribution < -0.4 is 16.0 Å². The second kappa shape index (κ2) is 13.8. The summed E-state index contributed by atoms with van der Waals surface area (Å²) in [5, 5.41) is 9.60. The molecule has 2 aliphatic heterocycles. The molecule has 1 atom stereocenters. The van der Waals surface area contributed by atoms with Gasteiger partial charge in [0.05, 0.1) is 6.54 Å². The van der Waals surface area contributed by atoms with Gasteiger partial charge in [-0.1, -0.05) is 18.2 Å². The number of guanidine groups is 1. The van der Waals surface area contributed by atoms with Crippen molar-refractivity contribution in [1.82, 2.24) is 10.6 Å². The predicted molar refractivity (Wildman–Crippen MR) is 131 cm³/mol. The average molecular weight is 530 g/mol. The second-order valence-corrected chi connectivity index (χ2v) is 7.67. The van der Waals surface area contributed by atoms with E-state index in [1.807, 2.05) is 18.2 Å². The number of hydrogen-bond donors (Lipinski definition) is 3. The maximum Gasteiger partial charge on any atom is 0.225 e. The molecule has 1 fully saturated rings. The minimum Gasteiger partial charge on any atom is -0.381 e. The molecular formula is C22H35IN4O3. The maximum atomic E-state index is 12.0. The van der Waals surface area contributed by atoms with Crippen LogP contribution in [0.5, 0.6) is 0 Å². The first-order valence-electron chi connectivity index (χ1n) is 10.8. The van der Waals surface area contributed by atoms with Crippen molar-refractivity contribution in [3.63, 3.8) is 0 Å². The van der Waals surface area contributed by atoms with E-state index in [1.54, 1.807) is 0 Å². The lowest BCUT2D eigenvalue weighted by Gasteiger charge is -2.24. The van der Waals surface area contributed by atoms with Gasteiger partial charge >= 0.3 is 0 Å². The highest BCUT2D eigenvalue weighted by Crippen LogP contribution is 2.31. The van der Waals surface area contributed by atoms with Gasteiger partial charge in [-0.15, -0.1) is 24.0 Å². The van der Waals surface area contributed by atoms with Crippen molar-refractivity contribution in [1.29, 1.82) is 0 Å². The number of anilines is 1. The van der Waals surface area contributed by atoms with Crippen LogP contribution in [0.3, 0.4) is 0 Å². The number of carbonyl (C=O) groups is 1. The van der Waals surface area contributed by atoms with Crippen molar-refractivity contribution in [2.45, 2.75) is 38.5 Å². The Bertz CT molecular complexity index is 680. The first kappa shape index (κ1) is 24.9.